The van der Waals surface area contributed by atoms with Gasteiger partial charge < -0.3 is 9.64 Å². The highest BCUT2D eigenvalue weighted by atomic mass is 16.5. The molecule has 0 saturated carbocycles. The van der Waals surface area contributed by atoms with Crippen molar-refractivity contribution in [3.63, 3.8) is 0 Å². The number of H-pyrrole nitrogens is 1. The lowest BCUT2D eigenvalue weighted by atomic mass is 10.1. The second-order valence-electron chi connectivity index (χ2n) is 5.82. The molecule has 1 amide bonds. The van der Waals surface area contributed by atoms with Crippen LogP contribution in [0.1, 0.15) is 22.2 Å². The maximum absolute atomic E-state index is 12.7. The van der Waals surface area contributed by atoms with Crippen LogP contribution < -0.4 is 0 Å². The predicted molar refractivity (Wildman–Crippen MR) is 90.7 cm³/mol. The number of nitrogens with zero attached hydrogens (tertiary/aromatic N) is 4. The predicted octanol–water partition coefficient (Wildman–Crippen LogP) is 2.08. The molecular weight excluding hydrogens is 318 g/mol. The monoisotopic (exact) mass is 335 g/mol. The van der Waals surface area contributed by atoms with Crippen LogP contribution in [0.25, 0.3) is 11.1 Å². The largest absolute Gasteiger partial charge is 0.370 e. The van der Waals surface area contributed by atoms with Crippen molar-refractivity contribution in [1.29, 1.82) is 0 Å². The molecule has 0 aliphatic carbocycles. The normalized spacial score (nSPS) is 17.4. The van der Waals surface area contributed by atoms with Gasteiger partial charge in [0.1, 0.15) is 11.8 Å². The average Bonchev–Trinajstić information content (AvgIpc) is 3.23. The maximum atomic E-state index is 12.7. The molecule has 25 heavy (non-hydrogen) atoms. The van der Waals surface area contributed by atoms with Crippen molar-refractivity contribution in [2.75, 3.05) is 19.7 Å². The summed E-state index contributed by atoms with van der Waals surface area (Å²) in [5.74, 6) is -0.0871. The SMILES string of the molecule is O=C(c1ccc(-c2cn[nH]c2)cn1)N1CCOC(c2cccnc2)C1. The summed E-state index contributed by atoms with van der Waals surface area (Å²) in [7, 11) is 0. The fourth-order valence-electron chi connectivity index (χ4n) is 2.86. The molecule has 3 aromatic heterocycles. The molecule has 1 N–H and O–H groups in total. The van der Waals surface area contributed by atoms with Crippen molar-refractivity contribution < 1.29 is 9.53 Å². The lowest BCUT2D eigenvalue weighted by molar-refractivity contribution is -0.0231. The lowest BCUT2D eigenvalue weighted by Crippen LogP contribution is -2.42. The summed E-state index contributed by atoms with van der Waals surface area (Å²) < 4.78 is 5.78. The zero-order valence-electron chi connectivity index (χ0n) is 13.5. The Bertz CT molecular complexity index is 834. The molecule has 1 fully saturated rings. The number of carbonyl (C=O) groups excluding carboxylic acids is 1. The number of amides is 1. The zero-order chi connectivity index (χ0) is 17.1. The number of rotatable bonds is 3. The first-order valence-corrected chi connectivity index (χ1v) is 8.07. The van der Waals surface area contributed by atoms with Gasteiger partial charge in [-0.2, -0.15) is 5.10 Å². The van der Waals surface area contributed by atoms with Gasteiger partial charge in [0.05, 0.1) is 19.3 Å². The van der Waals surface area contributed by atoms with Gasteiger partial charge in [-0.05, 0) is 12.1 Å². The van der Waals surface area contributed by atoms with Gasteiger partial charge >= 0.3 is 0 Å². The number of aromatic nitrogens is 4. The summed E-state index contributed by atoms with van der Waals surface area (Å²) in [6.45, 7) is 1.55. The number of hydrogen-bond donors (Lipinski definition) is 1. The fraction of sp³-hybridized carbons (Fsp3) is 0.222. The van der Waals surface area contributed by atoms with E-state index in [-0.39, 0.29) is 12.0 Å². The molecule has 1 aliphatic heterocycles. The molecule has 1 saturated heterocycles. The molecule has 4 rings (SSSR count). The van der Waals surface area contributed by atoms with Gasteiger partial charge in [-0.1, -0.05) is 12.1 Å². The minimum Gasteiger partial charge on any atom is -0.370 e. The maximum Gasteiger partial charge on any atom is 0.272 e. The molecule has 0 aromatic carbocycles. The van der Waals surface area contributed by atoms with Crippen molar-refractivity contribution in [2.24, 2.45) is 0 Å². The quantitative estimate of drug-likeness (QED) is 0.792. The van der Waals surface area contributed by atoms with E-state index < -0.39 is 0 Å². The molecule has 0 bridgehead atoms. The Morgan fingerprint density at radius 2 is 2.16 bits per heavy atom. The second kappa shape index (κ2) is 6.82. The summed E-state index contributed by atoms with van der Waals surface area (Å²) in [6.07, 6.45) is 8.54. The van der Waals surface area contributed by atoms with Crippen LogP contribution in [0.2, 0.25) is 0 Å². The standard InChI is InChI=1S/C18H17N5O2/c24-18(16-4-3-13(9-20-16)15-10-21-22-11-15)23-6-7-25-17(12-23)14-2-1-5-19-8-14/h1-5,8-11,17H,6-7,12H2,(H,21,22). The summed E-state index contributed by atoms with van der Waals surface area (Å²) in [5.41, 5.74) is 3.26. The molecule has 3 aromatic rings. The fourth-order valence-corrected chi connectivity index (χ4v) is 2.86. The smallest absolute Gasteiger partial charge is 0.272 e. The molecule has 7 heteroatoms. The number of carbonyl (C=O) groups is 1. The summed E-state index contributed by atoms with van der Waals surface area (Å²) in [5, 5.41) is 6.69. The van der Waals surface area contributed by atoms with Crippen LogP contribution in [-0.4, -0.2) is 50.7 Å². The summed E-state index contributed by atoms with van der Waals surface area (Å²) >= 11 is 0. The molecule has 0 radical (unpaired) electrons. The first-order chi connectivity index (χ1) is 12.3. The molecular formula is C18H17N5O2. The van der Waals surface area contributed by atoms with E-state index in [1.165, 1.54) is 0 Å². The van der Waals surface area contributed by atoms with E-state index in [9.17, 15) is 4.79 Å². The Balaban J connectivity index is 1.48. The van der Waals surface area contributed by atoms with Crippen LogP contribution in [-0.2, 0) is 4.74 Å². The molecule has 1 aliphatic rings. The first kappa shape index (κ1) is 15.5. The number of nitrogens with one attached hydrogen (secondary N) is 1. The van der Waals surface area contributed by atoms with Crippen molar-refractivity contribution in [2.45, 2.75) is 6.10 Å². The Morgan fingerprint density at radius 1 is 1.20 bits per heavy atom. The van der Waals surface area contributed by atoms with Gasteiger partial charge in [-0.3, -0.25) is 19.9 Å². The Morgan fingerprint density at radius 3 is 2.88 bits per heavy atom. The molecule has 126 valence electrons. The Kier molecular flexibility index (Phi) is 4.22. The molecule has 7 nitrogen and oxygen atoms in total. The van der Waals surface area contributed by atoms with E-state index in [1.54, 1.807) is 42.0 Å². The topological polar surface area (TPSA) is 84.0 Å². The summed E-state index contributed by atoms with van der Waals surface area (Å²) in [4.78, 5) is 23.0. The van der Waals surface area contributed by atoms with E-state index in [1.807, 2.05) is 18.2 Å². The van der Waals surface area contributed by atoms with E-state index in [2.05, 4.69) is 20.2 Å². The van der Waals surface area contributed by atoms with Crippen LogP contribution >= 0.6 is 0 Å². The third kappa shape index (κ3) is 3.27. The first-order valence-electron chi connectivity index (χ1n) is 8.07. The van der Waals surface area contributed by atoms with Crippen molar-refractivity contribution in [3.05, 3.63) is 66.5 Å². The van der Waals surface area contributed by atoms with Gasteiger partial charge in [0, 0.05) is 48.0 Å². The van der Waals surface area contributed by atoms with Crippen molar-refractivity contribution >= 4 is 5.91 Å². The Labute approximate surface area is 144 Å². The number of aromatic amines is 1. The van der Waals surface area contributed by atoms with E-state index in [0.29, 0.717) is 25.4 Å². The third-order valence-electron chi connectivity index (χ3n) is 4.22. The third-order valence-corrected chi connectivity index (χ3v) is 4.22. The number of morpholine rings is 1. The van der Waals surface area contributed by atoms with E-state index in [4.69, 9.17) is 4.74 Å². The van der Waals surface area contributed by atoms with Gasteiger partial charge in [-0.25, -0.2) is 0 Å². The van der Waals surface area contributed by atoms with Crippen molar-refractivity contribution in [1.82, 2.24) is 25.1 Å². The highest BCUT2D eigenvalue weighted by Gasteiger charge is 2.26. The van der Waals surface area contributed by atoms with Gasteiger partial charge in [0.15, 0.2) is 0 Å². The summed E-state index contributed by atoms with van der Waals surface area (Å²) in [6, 6.07) is 7.46. The van der Waals surface area contributed by atoms with Gasteiger partial charge in [0.25, 0.3) is 5.91 Å². The van der Waals surface area contributed by atoms with Crippen LogP contribution in [0.15, 0.2) is 55.2 Å². The average molecular weight is 335 g/mol. The molecule has 4 heterocycles. The number of hydrogen-bond acceptors (Lipinski definition) is 5. The zero-order valence-corrected chi connectivity index (χ0v) is 13.5. The van der Waals surface area contributed by atoms with Gasteiger partial charge in [-0.15, -0.1) is 0 Å². The van der Waals surface area contributed by atoms with Crippen molar-refractivity contribution in [3.8, 4) is 11.1 Å². The van der Waals surface area contributed by atoms with Gasteiger partial charge in [0.2, 0.25) is 0 Å². The van der Waals surface area contributed by atoms with Crippen LogP contribution in [0.4, 0.5) is 0 Å². The van der Waals surface area contributed by atoms with E-state index >= 15 is 0 Å². The van der Waals surface area contributed by atoms with Crippen LogP contribution in [0.5, 0.6) is 0 Å². The molecule has 1 unspecified atom stereocenters. The van der Waals surface area contributed by atoms with Crippen LogP contribution in [0, 0.1) is 0 Å². The molecule has 1 atom stereocenters. The minimum absolute atomic E-state index is 0.0871. The second-order valence-corrected chi connectivity index (χ2v) is 5.82. The van der Waals surface area contributed by atoms with Crippen LogP contribution in [0.3, 0.4) is 0 Å². The van der Waals surface area contributed by atoms with E-state index in [0.717, 1.165) is 16.7 Å². The minimum atomic E-state index is -0.156. The number of pyridine rings is 2. The Hall–Kier alpha value is -3.06. The highest BCUT2D eigenvalue weighted by Crippen LogP contribution is 2.23. The molecule has 0 spiro atoms. The number of ether oxygens (including phenoxy) is 1. The highest BCUT2D eigenvalue weighted by molar-refractivity contribution is 5.92. The lowest BCUT2D eigenvalue weighted by Gasteiger charge is -2.32.